The van der Waals surface area contributed by atoms with Gasteiger partial charge in [-0.05, 0) is 43.7 Å². The number of nitrogens with zero attached hydrogens (tertiary/aromatic N) is 7. The van der Waals surface area contributed by atoms with Crippen molar-refractivity contribution in [2.75, 3.05) is 61.2 Å². The Bertz CT molecular complexity index is 1360. The highest BCUT2D eigenvalue weighted by atomic mass is 16.7. The van der Waals surface area contributed by atoms with E-state index >= 15 is 0 Å². The lowest BCUT2D eigenvalue weighted by molar-refractivity contribution is 0.174. The Morgan fingerprint density at radius 1 is 0.921 bits per heavy atom. The molecule has 0 bridgehead atoms. The maximum Gasteiger partial charge on any atom is 0.232 e. The van der Waals surface area contributed by atoms with Crippen LogP contribution in [0.1, 0.15) is 25.2 Å². The lowest BCUT2D eigenvalue weighted by atomic mass is 10.1. The van der Waals surface area contributed by atoms with Crippen molar-refractivity contribution in [3.8, 4) is 11.5 Å². The summed E-state index contributed by atoms with van der Waals surface area (Å²) in [4.78, 5) is 29.2. The smallest absolute Gasteiger partial charge is 0.232 e. The van der Waals surface area contributed by atoms with E-state index < -0.39 is 0 Å². The fourth-order valence-electron chi connectivity index (χ4n) is 4.88. The molecule has 11 heteroatoms. The van der Waals surface area contributed by atoms with Crippen LogP contribution in [0.4, 0.5) is 17.8 Å². The number of fused-ring (bicyclic) bond motifs is 2. The van der Waals surface area contributed by atoms with Crippen molar-refractivity contribution < 1.29 is 9.47 Å². The summed E-state index contributed by atoms with van der Waals surface area (Å²) >= 11 is 0. The van der Waals surface area contributed by atoms with E-state index in [-0.39, 0.29) is 0 Å². The Morgan fingerprint density at radius 3 is 2.55 bits per heavy atom. The second-order valence-electron chi connectivity index (χ2n) is 9.44. The first-order valence-electron chi connectivity index (χ1n) is 13.2. The van der Waals surface area contributed by atoms with Gasteiger partial charge in [0.05, 0.1) is 17.6 Å². The number of aromatic nitrogens is 5. The summed E-state index contributed by atoms with van der Waals surface area (Å²) in [5.74, 6) is 4.45. The van der Waals surface area contributed by atoms with E-state index in [9.17, 15) is 0 Å². The summed E-state index contributed by atoms with van der Waals surface area (Å²) in [5, 5.41) is 3.36. The molecule has 0 atom stereocenters. The van der Waals surface area contributed by atoms with Crippen molar-refractivity contribution in [2.45, 2.75) is 26.9 Å². The number of nitrogens with one attached hydrogen (secondary N) is 2. The number of piperazine rings is 1. The molecule has 4 aromatic rings. The summed E-state index contributed by atoms with van der Waals surface area (Å²) < 4.78 is 11.0. The van der Waals surface area contributed by atoms with E-state index in [1.54, 1.807) is 0 Å². The molecule has 11 nitrogen and oxygen atoms in total. The second kappa shape index (κ2) is 10.7. The number of para-hydroxylation sites is 2. The van der Waals surface area contributed by atoms with Gasteiger partial charge in [0.15, 0.2) is 11.5 Å². The zero-order valence-corrected chi connectivity index (χ0v) is 21.9. The fraction of sp³-hybridized carbons (Fsp3) is 0.407. The van der Waals surface area contributed by atoms with Crippen LogP contribution >= 0.6 is 0 Å². The Labute approximate surface area is 221 Å². The van der Waals surface area contributed by atoms with Crippen LogP contribution in [0, 0.1) is 0 Å². The molecule has 4 heterocycles. The largest absolute Gasteiger partial charge is 0.454 e. The number of hydrogen-bond acceptors (Lipinski definition) is 10. The van der Waals surface area contributed by atoms with Gasteiger partial charge < -0.3 is 29.6 Å². The normalized spacial score (nSPS) is 15.3. The predicted octanol–water partition coefficient (Wildman–Crippen LogP) is 3.26. The van der Waals surface area contributed by atoms with Crippen molar-refractivity contribution in [3.05, 3.63) is 53.9 Å². The van der Waals surface area contributed by atoms with Crippen LogP contribution in [-0.2, 0) is 13.1 Å². The van der Waals surface area contributed by atoms with Crippen molar-refractivity contribution in [1.82, 2.24) is 29.8 Å². The first kappa shape index (κ1) is 24.2. The first-order valence-corrected chi connectivity index (χ1v) is 13.2. The van der Waals surface area contributed by atoms with Gasteiger partial charge in [0, 0.05) is 45.8 Å². The summed E-state index contributed by atoms with van der Waals surface area (Å²) in [6.07, 6.45) is 0. The third-order valence-electron chi connectivity index (χ3n) is 7.01. The molecule has 0 aliphatic carbocycles. The van der Waals surface area contributed by atoms with E-state index in [2.05, 4.69) is 56.0 Å². The van der Waals surface area contributed by atoms with Crippen LogP contribution < -0.4 is 24.6 Å². The van der Waals surface area contributed by atoms with Gasteiger partial charge in [0.1, 0.15) is 5.82 Å². The number of rotatable bonds is 9. The number of H-pyrrole nitrogens is 1. The first-order chi connectivity index (χ1) is 18.7. The molecular weight excluding hydrogens is 482 g/mol. The molecule has 2 aliphatic heterocycles. The topological polar surface area (TPSA) is 108 Å². The number of anilines is 3. The van der Waals surface area contributed by atoms with Gasteiger partial charge >= 0.3 is 0 Å². The average Bonchev–Trinajstić information content (AvgIpc) is 3.59. The van der Waals surface area contributed by atoms with Crippen LogP contribution in [0.25, 0.3) is 11.0 Å². The second-order valence-corrected chi connectivity index (χ2v) is 9.44. The van der Waals surface area contributed by atoms with E-state index in [1.807, 2.05) is 30.3 Å². The Kier molecular flexibility index (Phi) is 6.82. The summed E-state index contributed by atoms with van der Waals surface area (Å²) in [7, 11) is 0. The van der Waals surface area contributed by atoms with Gasteiger partial charge in [-0.15, -0.1) is 0 Å². The lowest BCUT2D eigenvalue weighted by Gasteiger charge is -2.35. The number of imidazole rings is 1. The molecule has 0 radical (unpaired) electrons. The molecule has 6 rings (SSSR count). The molecule has 2 aromatic carbocycles. The van der Waals surface area contributed by atoms with Crippen molar-refractivity contribution >= 4 is 28.9 Å². The Hall–Kier alpha value is -4.12. The van der Waals surface area contributed by atoms with Crippen LogP contribution in [0.2, 0.25) is 0 Å². The molecule has 0 amide bonds. The minimum absolute atomic E-state index is 0.300. The quantitative estimate of drug-likeness (QED) is 0.345. The van der Waals surface area contributed by atoms with Crippen molar-refractivity contribution in [1.29, 1.82) is 0 Å². The minimum Gasteiger partial charge on any atom is -0.454 e. The molecule has 2 N–H and O–H groups in total. The van der Waals surface area contributed by atoms with Crippen LogP contribution in [0.15, 0.2) is 42.5 Å². The van der Waals surface area contributed by atoms with Crippen LogP contribution in [-0.4, -0.2) is 75.9 Å². The molecule has 0 unspecified atom stereocenters. The van der Waals surface area contributed by atoms with Crippen LogP contribution in [0.3, 0.4) is 0 Å². The molecule has 0 saturated carbocycles. The van der Waals surface area contributed by atoms with E-state index in [0.717, 1.165) is 74.2 Å². The van der Waals surface area contributed by atoms with E-state index in [4.69, 9.17) is 24.4 Å². The number of ether oxygens (including phenoxy) is 2. The molecule has 0 spiro atoms. The third kappa shape index (κ3) is 5.14. The maximum absolute atomic E-state index is 5.54. The maximum atomic E-state index is 5.54. The SMILES string of the molecule is CCN(CC)c1nc(NCc2nc3ccccc3[nH]2)nc(N2CCN(Cc3ccc4c(c3)OCO4)CC2)n1. The van der Waals surface area contributed by atoms with Gasteiger partial charge in [0.2, 0.25) is 24.6 Å². The lowest BCUT2D eigenvalue weighted by Crippen LogP contribution is -2.46. The van der Waals surface area contributed by atoms with Crippen LogP contribution in [0.5, 0.6) is 11.5 Å². The fourth-order valence-corrected chi connectivity index (χ4v) is 4.88. The van der Waals surface area contributed by atoms with Gasteiger partial charge in [-0.1, -0.05) is 18.2 Å². The van der Waals surface area contributed by atoms with E-state index in [0.29, 0.717) is 31.2 Å². The van der Waals surface area contributed by atoms with Crippen molar-refractivity contribution in [3.63, 3.8) is 0 Å². The highest BCUT2D eigenvalue weighted by Gasteiger charge is 2.22. The van der Waals surface area contributed by atoms with Gasteiger partial charge in [-0.2, -0.15) is 15.0 Å². The third-order valence-corrected chi connectivity index (χ3v) is 7.01. The molecule has 2 aromatic heterocycles. The van der Waals surface area contributed by atoms with Gasteiger partial charge in [-0.25, -0.2) is 4.98 Å². The molecule has 2 aliphatic rings. The van der Waals surface area contributed by atoms with Gasteiger partial charge in [0.25, 0.3) is 0 Å². The predicted molar refractivity (Wildman–Crippen MR) is 147 cm³/mol. The van der Waals surface area contributed by atoms with Gasteiger partial charge in [-0.3, -0.25) is 4.90 Å². The van der Waals surface area contributed by atoms with Crippen molar-refractivity contribution in [2.24, 2.45) is 0 Å². The average molecular weight is 516 g/mol. The number of aromatic amines is 1. The summed E-state index contributed by atoms with van der Waals surface area (Å²) in [6, 6.07) is 14.2. The molecule has 1 saturated heterocycles. The summed E-state index contributed by atoms with van der Waals surface area (Å²) in [5.41, 5.74) is 3.19. The molecule has 38 heavy (non-hydrogen) atoms. The monoisotopic (exact) mass is 515 g/mol. The Balaban J connectivity index is 1.14. The Morgan fingerprint density at radius 2 is 1.74 bits per heavy atom. The zero-order chi connectivity index (χ0) is 25.9. The molecule has 1 fully saturated rings. The number of hydrogen-bond donors (Lipinski definition) is 2. The highest BCUT2D eigenvalue weighted by molar-refractivity contribution is 5.74. The summed E-state index contributed by atoms with van der Waals surface area (Å²) in [6.45, 7) is 11.1. The number of benzene rings is 2. The zero-order valence-electron chi connectivity index (χ0n) is 21.9. The molecular formula is C27H33N9O2. The minimum atomic E-state index is 0.300. The molecule has 198 valence electrons. The highest BCUT2D eigenvalue weighted by Crippen LogP contribution is 2.33. The standard InChI is InChI=1S/C27H33N9O2/c1-3-35(4-2)26-31-25(28-16-24-29-20-7-5-6-8-21(20)30-24)32-27(33-26)36-13-11-34(12-14-36)17-19-9-10-22-23(15-19)38-18-37-22/h5-10,15H,3-4,11-14,16-18H2,1-2H3,(H,29,30)(H,28,31,32,33). The van der Waals surface area contributed by atoms with E-state index in [1.165, 1.54) is 5.56 Å².